The molecule has 78 valence electrons. The summed E-state index contributed by atoms with van der Waals surface area (Å²) in [6, 6.07) is 5.22. The number of nitrogens with two attached hydrogens (primary N) is 1. The summed E-state index contributed by atoms with van der Waals surface area (Å²) < 4.78 is 16.8. The number of anilines is 1. The highest BCUT2D eigenvalue weighted by molar-refractivity contribution is 7.85. The Hall–Kier alpha value is -1.03. The number of hydrogen-bond donors (Lipinski definition) is 1. The zero-order valence-electron chi connectivity index (χ0n) is 8.61. The molecule has 0 aliphatic heterocycles. The van der Waals surface area contributed by atoms with E-state index in [0.717, 1.165) is 4.90 Å². The molecule has 14 heavy (non-hydrogen) atoms. The summed E-state index contributed by atoms with van der Waals surface area (Å²) in [4.78, 5) is 0.756. The van der Waals surface area contributed by atoms with Gasteiger partial charge in [0, 0.05) is 10.1 Å². The highest BCUT2D eigenvalue weighted by atomic mass is 32.2. The number of nitrogen functional groups attached to an aromatic ring is 1. The summed E-state index contributed by atoms with van der Waals surface area (Å²) in [7, 11) is 0.559. The second-order valence-corrected chi connectivity index (χ2v) is 5.26. The smallest absolute Gasteiger partial charge is 0.142 e. The third-order valence-electron chi connectivity index (χ3n) is 1.87. The van der Waals surface area contributed by atoms with Crippen molar-refractivity contribution in [2.24, 2.45) is 0 Å². The van der Waals surface area contributed by atoms with Gasteiger partial charge in [0.2, 0.25) is 0 Å². The summed E-state index contributed by atoms with van der Waals surface area (Å²) in [5.41, 5.74) is 6.22. The monoisotopic (exact) mass is 213 g/mol. The molecule has 1 aromatic carbocycles. The number of methoxy groups -OCH3 is 1. The molecule has 0 heterocycles. The van der Waals surface area contributed by atoms with Crippen LogP contribution in [0.3, 0.4) is 0 Å². The minimum atomic E-state index is -0.991. The van der Waals surface area contributed by atoms with Crippen LogP contribution in [0.2, 0.25) is 0 Å². The first kappa shape index (κ1) is 11.0. The van der Waals surface area contributed by atoms with Crippen LogP contribution in [0.25, 0.3) is 0 Å². The first-order valence-corrected chi connectivity index (χ1v) is 5.61. The molecular formula is C10H15NO2S. The van der Waals surface area contributed by atoms with Gasteiger partial charge in [0.15, 0.2) is 0 Å². The van der Waals surface area contributed by atoms with Crippen LogP contribution in [-0.2, 0) is 10.8 Å². The first-order chi connectivity index (χ1) is 6.56. The van der Waals surface area contributed by atoms with E-state index in [0.29, 0.717) is 11.4 Å². The molecular weight excluding hydrogens is 198 g/mol. The number of ether oxygens (including phenoxy) is 1. The third-order valence-corrected chi connectivity index (χ3v) is 3.44. The minimum Gasteiger partial charge on any atom is -0.495 e. The van der Waals surface area contributed by atoms with E-state index in [9.17, 15) is 4.21 Å². The van der Waals surface area contributed by atoms with Crippen molar-refractivity contribution in [2.45, 2.75) is 24.0 Å². The van der Waals surface area contributed by atoms with Crippen LogP contribution in [-0.4, -0.2) is 16.6 Å². The molecule has 3 nitrogen and oxygen atoms in total. The Morgan fingerprint density at radius 3 is 2.57 bits per heavy atom. The van der Waals surface area contributed by atoms with Gasteiger partial charge in [-0.1, -0.05) is 13.8 Å². The van der Waals surface area contributed by atoms with E-state index in [4.69, 9.17) is 10.5 Å². The normalized spacial score (nSPS) is 12.9. The van der Waals surface area contributed by atoms with Crippen LogP contribution in [0.1, 0.15) is 13.8 Å². The molecule has 0 spiro atoms. The summed E-state index contributed by atoms with van der Waals surface area (Å²) >= 11 is 0. The summed E-state index contributed by atoms with van der Waals surface area (Å²) in [5, 5.41) is 0.100. The first-order valence-electron chi connectivity index (χ1n) is 4.40. The fourth-order valence-corrected chi connectivity index (χ4v) is 2.06. The molecule has 0 saturated heterocycles. The zero-order chi connectivity index (χ0) is 10.7. The van der Waals surface area contributed by atoms with Crippen molar-refractivity contribution in [3.8, 4) is 5.75 Å². The van der Waals surface area contributed by atoms with Crippen molar-refractivity contribution < 1.29 is 8.95 Å². The summed E-state index contributed by atoms with van der Waals surface area (Å²) in [6.45, 7) is 3.83. The van der Waals surface area contributed by atoms with Gasteiger partial charge in [0.25, 0.3) is 0 Å². The average Bonchev–Trinajstić information content (AvgIpc) is 2.17. The lowest BCUT2D eigenvalue weighted by Gasteiger charge is -2.09. The Balaban J connectivity index is 3.06. The maximum atomic E-state index is 11.7. The fraction of sp³-hybridized carbons (Fsp3) is 0.400. The predicted molar refractivity (Wildman–Crippen MR) is 59.0 cm³/mol. The van der Waals surface area contributed by atoms with Crippen LogP contribution >= 0.6 is 0 Å². The van der Waals surface area contributed by atoms with E-state index in [1.807, 2.05) is 13.8 Å². The molecule has 0 saturated carbocycles. The molecule has 0 aliphatic rings. The summed E-state index contributed by atoms with van der Waals surface area (Å²) in [5.74, 6) is 0.580. The van der Waals surface area contributed by atoms with E-state index < -0.39 is 10.8 Å². The number of hydrogen-bond acceptors (Lipinski definition) is 3. The quantitative estimate of drug-likeness (QED) is 0.779. The van der Waals surface area contributed by atoms with Gasteiger partial charge in [0.1, 0.15) is 5.75 Å². The van der Waals surface area contributed by atoms with Crippen LogP contribution in [0.15, 0.2) is 23.1 Å². The third kappa shape index (κ3) is 2.26. The lowest BCUT2D eigenvalue weighted by atomic mass is 10.3. The predicted octanol–water partition coefficient (Wildman–Crippen LogP) is 1.79. The SMILES string of the molecule is COc1cc(S(=O)C(C)C)ccc1N. The van der Waals surface area contributed by atoms with Crippen LogP contribution in [0.4, 0.5) is 5.69 Å². The average molecular weight is 213 g/mol. The highest BCUT2D eigenvalue weighted by Crippen LogP contribution is 2.24. The Morgan fingerprint density at radius 2 is 2.07 bits per heavy atom. The van der Waals surface area contributed by atoms with E-state index in [1.54, 1.807) is 25.3 Å². The van der Waals surface area contributed by atoms with Gasteiger partial charge in [-0.25, -0.2) is 0 Å². The standard InChI is InChI=1S/C10H15NO2S/c1-7(2)14(12)8-4-5-9(11)10(6-8)13-3/h4-7H,11H2,1-3H3. The second kappa shape index (κ2) is 4.46. The molecule has 2 N–H and O–H groups in total. The van der Waals surface area contributed by atoms with Crippen molar-refractivity contribution in [3.63, 3.8) is 0 Å². The Bertz CT molecular complexity index is 350. The molecule has 1 aromatic rings. The largest absolute Gasteiger partial charge is 0.495 e. The Kier molecular flexibility index (Phi) is 3.52. The lowest BCUT2D eigenvalue weighted by Crippen LogP contribution is -2.06. The fourth-order valence-electron chi connectivity index (χ4n) is 1.09. The molecule has 0 aliphatic carbocycles. The van der Waals surface area contributed by atoms with Crippen molar-refractivity contribution in [1.82, 2.24) is 0 Å². The lowest BCUT2D eigenvalue weighted by molar-refractivity contribution is 0.416. The molecule has 0 radical (unpaired) electrons. The van der Waals surface area contributed by atoms with E-state index in [2.05, 4.69) is 0 Å². The van der Waals surface area contributed by atoms with Gasteiger partial charge in [-0.15, -0.1) is 0 Å². The maximum absolute atomic E-state index is 11.7. The van der Waals surface area contributed by atoms with Crippen molar-refractivity contribution in [1.29, 1.82) is 0 Å². The van der Waals surface area contributed by atoms with Crippen molar-refractivity contribution >= 4 is 16.5 Å². The number of rotatable bonds is 3. The van der Waals surface area contributed by atoms with Crippen molar-refractivity contribution in [3.05, 3.63) is 18.2 Å². The topological polar surface area (TPSA) is 52.3 Å². The second-order valence-electron chi connectivity index (χ2n) is 3.25. The minimum absolute atomic E-state index is 0.100. The van der Waals surface area contributed by atoms with Crippen LogP contribution < -0.4 is 10.5 Å². The molecule has 1 unspecified atom stereocenters. The molecule has 0 fully saturated rings. The molecule has 1 atom stereocenters. The van der Waals surface area contributed by atoms with Gasteiger partial charge < -0.3 is 10.5 Å². The zero-order valence-corrected chi connectivity index (χ0v) is 9.43. The molecule has 4 heteroatoms. The summed E-state index contributed by atoms with van der Waals surface area (Å²) in [6.07, 6.45) is 0. The number of benzene rings is 1. The Morgan fingerprint density at radius 1 is 1.43 bits per heavy atom. The molecule has 0 bridgehead atoms. The van der Waals surface area contributed by atoms with Gasteiger partial charge in [-0.3, -0.25) is 4.21 Å². The highest BCUT2D eigenvalue weighted by Gasteiger charge is 2.10. The van der Waals surface area contributed by atoms with Gasteiger partial charge in [0.05, 0.1) is 23.6 Å². The maximum Gasteiger partial charge on any atom is 0.142 e. The van der Waals surface area contributed by atoms with E-state index in [-0.39, 0.29) is 5.25 Å². The Labute approximate surface area is 86.7 Å². The molecule has 0 amide bonds. The molecule has 1 rings (SSSR count). The van der Waals surface area contributed by atoms with Crippen molar-refractivity contribution in [2.75, 3.05) is 12.8 Å². The molecule has 0 aromatic heterocycles. The van der Waals surface area contributed by atoms with E-state index in [1.165, 1.54) is 0 Å². The van der Waals surface area contributed by atoms with Gasteiger partial charge in [-0.2, -0.15) is 0 Å². The van der Waals surface area contributed by atoms with Crippen LogP contribution in [0, 0.1) is 0 Å². The van der Waals surface area contributed by atoms with Gasteiger partial charge >= 0.3 is 0 Å². The van der Waals surface area contributed by atoms with Crippen LogP contribution in [0.5, 0.6) is 5.75 Å². The van der Waals surface area contributed by atoms with Gasteiger partial charge in [-0.05, 0) is 18.2 Å². The van der Waals surface area contributed by atoms with E-state index >= 15 is 0 Å².